The molecule has 25 heavy (non-hydrogen) atoms. The van der Waals surface area contributed by atoms with Crippen molar-refractivity contribution < 1.29 is 9.32 Å². The lowest BCUT2D eigenvalue weighted by molar-refractivity contribution is -0.130. The van der Waals surface area contributed by atoms with E-state index in [-0.39, 0.29) is 5.91 Å². The maximum absolute atomic E-state index is 12.4. The van der Waals surface area contributed by atoms with E-state index in [9.17, 15) is 4.79 Å². The molecule has 1 amide bonds. The summed E-state index contributed by atoms with van der Waals surface area (Å²) < 4.78 is 6.96. The average Bonchev–Trinajstić information content (AvgIpc) is 3.21. The number of aryl methyl sites for hydroxylation is 2. The van der Waals surface area contributed by atoms with Crippen molar-refractivity contribution in [2.24, 2.45) is 0 Å². The average molecular weight is 338 g/mol. The van der Waals surface area contributed by atoms with Crippen LogP contribution in [0.15, 0.2) is 47.2 Å². The first-order valence-electron chi connectivity index (χ1n) is 8.29. The van der Waals surface area contributed by atoms with Crippen LogP contribution in [0, 0.1) is 13.8 Å². The second-order valence-electron chi connectivity index (χ2n) is 6.18. The molecule has 0 fully saturated rings. The van der Waals surface area contributed by atoms with Crippen LogP contribution in [-0.4, -0.2) is 32.8 Å². The molecule has 0 aliphatic rings. The molecule has 3 aromatic rings. The second kappa shape index (κ2) is 7.34. The third kappa shape index (κ3) is 3.96. The summed E-state index contributed by atoms with van der Waals surface area (Å²) >= 11 is 0. The van der Waals surface area contributed by atoms with E-state index in [1.54, 1.807) is 11.1 Å². The SMILES string of the molecule is Cc1noc(C)c1CCC(=O)N(C)Cc1cnn(-c2ccccc2)c1. The Hall–Kier alpha value is -2.89. The third-order valence-electron chi connectivity index (χ3n) is 4.27. The second-order valence-corrected chi connectivity index (χ2v) is 6.18. The summed E-state index contributed by atoms with van der Waals surface area (Å²) in [4.78, 5) is 14.1. The van der Waals surface area contributed by atoms with E-state index in [1.165, 1.54) is 0 Å². The van der Waals surface area contributed by atoms with Gasteiger partial charge in [-0.2, -0.15) is 5.10 Å². The van der Waals surface area contributed by atoms with Gasteiger partial charge in [-0.15, -0.1) is 0 Å². The van der Waals surface area contributed by atoms with E-state index in [4.69, 9.17) is 4.52 Å². The number of hydrogen-bond acceptors (Lipinski definition) is 4. The van der Waals surface area contributed by atoms with Crippen LogP contribution in [0.2, 0.25) is 0 Å². The summed E-state index contributed by atoms with van der Waals surface area (Å²) in [6, 6.07) is 9.91. The fourth-order valence-electron chi connectivity index (χ4n) is 2.81. The van der Waals surface area contributed by atoms with Crippen molar-refractivity contribution in [3.63, 3.8) is 0 Å². The molecule has 0 radical (unpaired) electrons. The van der Waals surface area contributed by atoms with Gasteiger partial charge in [0, 0.05) is 37.3 Å². The van der Waals surface area contributed by atoms with Crippen molar-refractivity contribution in [3.05, 3.63) is 65.3 Å². The van der Waals surface area contributed by atoms with Crippen LogP contribution >= 0.6 is 0 Å². The Morgan fingerprint density at radius 3 is 2.68 bits per heavy atom. The molecule has 0 aliphatic carbocycles. The largest absolute Gasteiger partial charge is 0.361 e. The molecule has 0 spiro atoms. The minimum atomic E-state index is 0.0902. The Morgan fingerprint density at radius 2 is 2.00 bits per heavy atom. The van der Waals surface area contributed by atoms with Crippen LogP contribution in [0.3, 0.4) is 0 Å². The van der Waals surface area contributed by atoms with Crippen molar-refractivity contribution in [1.29, 1.82) is 0 Å². The highest BCUT2D eigenvalue weighted by Crippen LogP contribution is 2.15. The van der Waals surface area contributed by atoms with Gasteiger partial charge in [-0.25, -0.2) is 4.68 Å². The summed E-state index contributed by atoms with van der Waals surface area (Å²) in [5.41, 5.74) is 3.88. The van der Waals surface area contributed by atoms with Gasteiger partial charge in [0.15, 0.2) is 0 Å². The number of hydrogen-bond donors (Lipinski definition) is 0. The lowest BCUT2D eigenvalue weighted by Crippen LogP contribution is -2.26. The highest BCUT2D eigenvalue weighted by atomic mass is 16.5. The lowest BCUT2D eigenvalue weighted by Gasteiger charge is -2.16. The van der Waals surface area contributed by atoms with Gasteiger partial charge in [-0.05, 0) is 32.4 Å². The van der Waals surface area contributed by atoms with Gasteiger partial charge in [-0.1, -0.05) is 23.4 Å². The van der Waals surface area contributed by atoms with Gasteiger partial charge in [0.2, 0.25) is 5.91 Å². The Morgan fingerprint density at radius 1 is 1.24 bits per heavy atom. The molecule has 2 heterocycles. The van der Waals surface area contributed by atoms with Crippen LogP contribution in [0.25, 0.3) is 5.69 Å². The van der Waals surface area contributed by atoms with Crippen LogP contribution in [0.1, 0.15) is 29.0 Å². The Bertz CT molecular complexity index is 832. The van der Waals surface area contributed by atoms with E-state index in [0.717, 1.165) is 28.3 Å². The van der Waals surface area contributed by atoms with Gasteiger partial charge in [-0.3, -0.25) is 4.79 Å². The standard InChI is InChI=1S/C19H22N4O2/c1-14-18(15(2)25-21-14)9-10-19(24)22(3)12-16-11-20-23(13-16)17-7-5-4-6-8-17/h4-8,11,13H,9-10,12H2,1-3H3. The Kier molecular flexibility index (Phi) is 4.97. The molecule has 0 bridgehead atoms. The van der Waals surface area contributed by atoms with E-state index in [2.05, 4.69) is 10.3 Å². The van der Waals surface area contributed by atoms with E-state index >= 15 is 0 Å². The Labute approximate surface area is 147 Å². The third-order valence-corrected chi connectivity index (χ3v) is 4.27. The normalized spacial score (nSPS) is 10.8. The Balaban J connectivity index is 1.58. The molecule has 0 N–H and O–H groups in total. The number of amides is 1. The zero-order valence-electron chi connectivity index (χ0n) is 14.8. The molecule has 0 saturated heterocycles. The zero-order valence-corrected chi connectivity index (χ0v) is 14.8. The molecule has 0 unspecified atom stereocenters. The number of aromatic nitrogens is 3. The molecular formula is C19H22N4O2. The van der Waals surface area contributed by atoms with E-state index in [0.29, 0.717) is 19.4 Å². The van der Waals surface area contributed by atoms with Gasteiger partial charge >= 0.3 is 0 Å². The predicted molar refractivity (Wildman–Crippen MR) is 94.3 cm³/mol. The minimum absolute atomic E-state index is 0.0902. The highest BCUT2D eigenvalue weighted by Gasteiger charge is 2.14. The predicted octanol–water partition coefficient (Wildman–Crippen LogP) is 3.07. The van der Waals surface area contributed by atoms with Crippen molar-refractivity contribution in [3.8, 4) is 5.69 Å². The fourth-order valence-corrected chi connectivity index (χ4v) is 2.81. The monoisotopic (exact) mass is 338 g/mol. The summed E-state index contributed by atoms with van der Waals surface area (Å²) in [7, 11) is 1.82. The van der Waals surface area contributed by atoms with Gasteiger partial charge in [0.05, 0.1) is 17.6 Å². The topological polar surface area (TPSA) is 64.2 Å². The number of para-hydroxylation sites is 1. The zero-order chi connectivity index (χ0) is 17.8. The number of benzene rings is 1. The number of nitrogens with zero attached hydrogens (tertiary/aromatic N) is 4. The first kappa shape index (κ1) is 17.0. The summed E-state index contributed by atoms with van der Waals surface area (Å²) in [5.74, 6) is 0.879. The molecule has 0 atom stereocenters. The molecule has 3 rings (SSSR count). The first-order valence-corrected chi connectivity index (χ1v) is 8.29. The maximum Gasteiger partial charge on any atom is 0.222 e. The molecule has 2 aromatic heterocycles. The number of carbonyl (C=O) groups is 1. The molecule has 6 nitrogen and oxygen atoms in total. The van der Waals surface area contributed by atoms with E-state index < -0.39 is 0 Å². The number of carbonyl (C=O) groups excluding carboxylic acids is 1. The molecule has 0 aliphatic heterocycles. The van der Waals surface area contributed by atoms with Crippen LogP contribution in [-0.2, 0) is 17.8 Å². The van der Waals surface area contributed by atoms with Crippen LogP contribution in [0.5, 0.6) is 0 Å². The van der Waals surface area contributed by atoms with Crippen molar-refractivity contribution in [2.45, 2.75) is 33.2 Å². The molecule has 1 aromatic carbocycles. The molecule has 6 heteroatoms. The first-order chi connectivity index (χ1) is 12.0. The van der Waals surface area contributed by atoms with Crippen molar-refractivity contribution >= 4 is 5.91 Å². The maximum atomic E-state index is 12.4. The van der Waals surface area contributed by atoms with Crippen molar-refractivity contribution in [2.75, 3.05) is 7.05 Å². The van der Waals surface area contributed by atoms with E-state index in [1.807, 2.05) is 62.1 Å². The quantitative estimate of drug-likeness (QED) is 0.693. The molecule has 0 saturated carbocycles. The smallest absolute Gasteiger partial charge is 0.222 e. The lowest BCUT2D eigenvalue weighted by atomic mass is 10.1. The highest BCUT2D eigenvalue weighted by molar-refractivity contribution is 5.76. The van der Waals surface area contributed by atoms with Gasteiger partial charge < -0.3 is 9.42 Å². The van der Waals surface area contributed by atoms with Gasteiger partial charge in [0.1, 0.15) is 5.76 Å². The number of rotatable bonds is 6. The van der Waals surface area contributed by atoms with Crippen molar-refractivity contribution in [1.82, 2.24) is 19.8 Å². The molecule has 130 valence electrons. The van der Waals surface area contributed by atoms with Crippen LogP contribution in [0.4, 0.5) is 0 Å². The minimum Gasteiger partial charge on any atom is -0.361 e. The summed E-state index contributed by atoms with van der Waals surface area (Å²) in [5, 5.41) is 8.29. The molecular weight excluding hydrogens is 316 g/mol. The summed E-state index contributed by atoms with van der Waals surface area (Å²) in [6.45, 7) is 4.31. The fraction of sp³-hybridized carbons (Fsp3) is 0.316. The van der Waals surface area contributed by atoms with Crippen LogP contribution < -0.4 is 0 Å². The van der Waals surface area contributed by atoms with Gasteiger partial charge in [0.25, 0.3) is 0 Å². The summed E-state index contributed by atoms with van der Waals surface area (Å²) in [6.07, 6.45) is 4.83.